The van der Waals surface area contributed by atoms with Crippen LogP contribution in [0.1, 0.15) is 37.8 Å². The lowest BCUT2D eigenvalue weighted by Crippen LogP contribution is -2.43. The molecule has 5 nitrogen and oxygen atoms in total. The summed E-state index contributed by atoms with van der Waals surface area (Å²) >= 11 is 0. The normalized spacial score (nSPS) is 18.4. The van der Waals surface area contributed by atoms with E-state index < -0.39 is 0 Å². The van der Waals surface area contributed by atoms with E-state index in [4.69, 9.17) is 4.74 Å². The highest BCUT2D eigenvalue weighted by Crippen LogP contribution is 2.21. The van der Waals surface area contributed by atoms with Crippen LogP contribution in [-0.2, 0) is 6.54 Å². The highest BCUT2D eigenvalue weighted by molar-refractivity contribution is 14.0. The lowest BCUT2D eigenvalue weighted by atomic mass is 9.99. The molecule has 0 saturated carbocycles. The van der Waals surface area contributed by atoms with Crippen molar-refractivity contribution in [1.82, 2.24) is 15.5 Å². The van der Waals surface area contributed by atoms with Gasteiger partial charge in [0.25, 0.3) is 0 Å². The van der Waals surface area contributed by atoms with Gasteiger partial charge in [-0.3, -0.25) is 4.99 Å². The van der Waals surface area contributed by atoms with Crippen molar-refractivity contribution in [2.45, 2.75) is 46.3 Å². The fourth-order valence-electron chi connectivity index (χ4n) is 3.25. The fourth-order valence-corrected chi connectivity index (χ4v) is 3.25. The minimum Gasteiger partial charge on any atom is -0.491 e. The largest absolute Gasteiger partial charge is 0.491 e. The number of guanidine groups is 1. The third-order valence-electron chi connectivity index (χ3n) is 4.54. The SMILES string of the molecule is CN=C(NCc1ccc(C)cc1OC(C)C)NCC1CCCN(C)C1.I. The number of aliphatic imine (C=N–C) groups is 1. The summed E-state index contributed by atoms with van der Waals surface area (Å²) in [7, 11) is 4.02. The first kappa shape index (κ1) is 23.0. The van der Waals surface area contributed by atoms with Gasteiger partial charge in [-0.15, -0.1) is 24.0 Å². The average molecular weight is 474 g/mol. The summed E-state index contributed by atoms with van der Waals surface area (Å²) in [5, 5.41) is 6.89. The predicted molar refractivity (Wildman–Crippen MR) is 121 cm³/mol. The molecule has 1 unspecified atom stereocenters. The molecule has 2 rings (SSSR count). The number of nitrogens with one attached hydrogen (secondary N) is 2. The van der Waals surface area contributed by atoms with Gasteiger partial charge in [0, 0.05) is 32.2 Å². The van der Waals surface area contributed by atoms with Crippen LogP contribution in [0.5, 0.6) is 5.75 Å². The molecule has 1 aromatic carbocycles. The standard InChI is InChI=1S/C20H34N4O.HI/c1-15(2)25-19-11-16(3)8-9-18(19)13-23-20(21-4)22-12-17-7-6-10-24(5)14-17;/h8-9,11,15,17H,6-7,10,12-14H2,1-5H3,(H2,21,22,23);1H. The number of aryl methyl sites for hydroxylation is 1. The lowest BCUT2D eigenvalue weighted by molar-refractivity contribution is 0.210. The van der Waals surface area contributed by atoms with Crippen LogP contribution in [0.3, 0.4) is 0 Å². The molecule has 26 heavy (non-hydrogen) atoms. The van der Waals surface area contributed by atoms with Gasteiger partial charge in [0.1, 0.15) is 5.75 Å². The monoisotopic (exact) mass is 474 g/mol. The first-order chi connectivity index (χ1) is 12.0. The summed E-state index contributed by atoms with van der Waals surface area (Å²) in [5.41, 5.74) is 2.36. The third kappa shape index (κ3) is 7.70. The van der Waals surface area contributed by atoms with Gasteiger partial charge in [0.15, 0.2) is 5.96 Å². The average Bonchev–Trinajstić information content (AvgIpc) is 2.56. The summed E-state index contributed by atoms with van der Waals surface area (Å²) < 4.78 is 5.95. The van der Waals surface area contributed by atoms with Crippen LogP contribution in [0.4, 0.5) is 0 Å². The van der Waals surface area contributed by atoms with Crippen molar-refractivity contribution in [1.29, 1.82) is 0 Å². The molecule has 0 aromatic heterocycles. The molecule has 148 valence electrons. The highest BCUT2D eigenvalue weighted by Gasteiger charge is 2.17. The summed E-state index contributed by atoms with van der Waals surface area (Å²) in [4.78, 5) is 6.77. The summed E-state index contributed by atoms with van der Waals surface area (Å²) in [5.74, 6) is 2.49. The second-order valence-electron chi connectivity index (χ2n) is 7.35. The Morgan fingerprint density at radius 2 is 2.12 bits per heavy atom. The van der Waals surface area contributed by atoms with E-state index in [2.05, 4.69) is 66.5 Å². The Bertz CT molecular complexity index is 577. The molecule has 1 fully saturated rings. The van der Waals surface area contributed by atoms with E-state index in [1.807, 2.05) is 7.05 Å². The zero-order valence-corrected chi connectivity index (χ0v) is 19.2. The Kier molecular flexibility index (Phi) is 10.3. The van der Waals surface area contributed by atoms with Gasteiger partial charge in [-0.05, 0) is 64.8 Å². The van der Waals surface area contributed by atoms with E-state index in [9.17, 15) is 0 Å². The molecule has 0 bridgehead atoms. The van der Waals surface area contributed by atoms with Gasteiger partial charge in [0.2, 0.25) is 0 Å². The van der Waals surface area contributed by atoms with Crippen molar-refractivity contribution in [3.8, 4) is 5.75 Å². The Morgan fingerprint density at radius 1 is 1.35 bits per heavy atom. The maximum absolute atomic E-state index is 5.95. The maximum Gasteiger partial charge on any atom is 0.191 e. The number of halogens is 1. The number of nitrogens with zero attached hydrogens (tertiary/aromatic N) is 2. The van der Waals surface area contributed by atoms with Crippen LogP contribution in [0, 0.1) is 12.8 Å². The molecule has 0 spiro atoms. The van der Waals surface area contributed by atoms with Crippen LogP contribution < -0.4 is 15.4 Å². The Balaban J connectivity index is 0.00000338. The first-order valence-corrected chi connectivity index (χ1v) is 9.37. The van der Waals surface area contributed by atoms with Gasteiger partial charge < -0.3 is 20.3 Å². The molecule has 0 radical (unpaired) electrons. The molecular weight excluding hydrogens is 439 g/mol. The van der Waals surface area contributed by atoms with Crippen LogP contribution in [0.25, 0.3) is 0 Å². The van der Waals surface area contributed by atoms with E-state index in [0.29, 0.717) is 12.5 Å². The van der Waals surface area contributed by atoms with E-state index in [0.717, 1.165) is 30.4 Å². The van der Waals surface area contributed by atoms with Crippen molar-refractivity contribution < 1.29 is 4.74 Å². The number of hydrogen-bond acceptors (Lipinski definition) is 3. The Labute approximate surface area is 176 Å². The van der Waals surface area contributed by atoms with Crippen LogP contribution in [0.2, 0.25) is 0 Å². The molecule has 0 aliphatic carbocycles. The summed E-state index contributed by atoms with van der Waals surface area (Å²) in [6, 6.07) is 6.35. The smallest absolute Gasteiger partial charge is 0.191 e. The van der Waals surface area contributed by atoms with Gasteiger partial charge in [0.05, 0.1) is 6.10 Å². The Hall–Kier alpha value is -1.02. The van der Waals surface area contributed by atoms with Crippen LogP contribution >= 0.6 is 24.0 Å². The molecule has 6 heteroatoms. The molecule has 1 aliphatic rings. The number of rotatable bonds is 6. The quantitative estimate of drug-likeness (QED) is 0.377. The van der Waals surface area contributed by atoms with Crippen molar-refractivity contribution in [3.63, 3.8) is 0 Å². The molecule has 1 heterocycles. The number of benzene rings is 1. The zero-order valence-electron chi connectivity index (χ0n) is 16.8. The second kappa shape index (κ2) is 11.6. The number of hydrogen-bond donors (Lipinski definition) is 2. The van der Waals surface area contributed by atoms with E-state index in [1.54, 1.807) is 0 Å². The van der Waals surface area contributed by atoms with Crippen molar-refractivity contribution in [2.24, 2.45) is 10.9 Å². The molecule has 0 amide bonds. The van der Waals surface area contributed by atoms with Crippen molar-refractivity contribution in [2.75, 3.05) is 33.7 Å². The second-order valence-corrected chi connectivity index (χ2v) is 7.35. The van der Waals surface area contributed by atoms with E-state index in [1.165, 1.54) is 24.9 Å². The van der Waals surface area contributed by atoms with Crippen molar-refractivity contribution in [3.05, 3.63) is 29.3 Å². The molecule has 2 N–H and O–H groups in total. The number of likely N-dealkylation sites (tertiary alicyclic amines) is 1. The molecule has 1 aromatic rings. The molecule has 1 atom stereocenters. The number of ether oxygens (including phenoxy) is 1. The summed E-state index contributed by atoms with van der Waals surface area (Å²) in [6.45, 7) is 10.2. The Morgan fingerprint density at radius 3 is 2.77 bits per heavy atom. The first-order valence-electron chi connectivity index (χ1n) is 9.37. The minimum absolute atomic E-state index is 0. The van der Waals surface area contributed by atoms with Crippen LogP contribution in [-0.4, -0.2) is 50.7 Å². The van der Waals surface area contributed by atoms with E-state index >= 15 is 0 Å². The molecular formula is C20H35IN4O. The van der Waals surface area contributed by atoms with Crippen LogP contribution in [0.15, 0.2) is 23.2 Å². The molecule has 1 aliphatic heterocycles. The van der Waals surface area contributed by atoms with Crippen molar-refractivity contribution >= 4 is 29.9 Å². The fraction of sp³-hybridized carbons (Fsp3) is 0.650. The van der Waals surface area contributed by atoms with Gasteiger partial charge in [-0.25, -0.2) is 0 Å². The van der Waals surface area contributed by atoms with E-state index in [-0.39, 0.29) is 30.1 Å². The minimum atomic E-state index is 0. The van der Waals surface area contributed by atoms with Gasteiger partial charge >= 0.3 is 0 Å². The topological polar surface area (TPSA) is 48.9 Å². The highest BCUT2D eigenvalue weighted by atomic mass is 127. The maximum atomic E-state index is 5.95. The predicted octanol–water partition coefficient (Wildman–Crippen LogP) is 3.41. The number of piperidine rings is 1. The summed E-state index contributed by atoms with van der Waals surface area (Å²) in [6.07, 6.45) is 2.74. The molecule has 1 saturated heterocycles. The zero-order chi connectivity index (χ0) is 18.2. The third-order valence-corrected chi connectivity index (χ3v) is 4.54. The van der Waals surface area contributed by atoms with Gasteiger partial charge in [-0.2, -0.15) is 0 Å². The lowest BCUT2D eigenvalue weighted by Gasteiger charge is -2.30. The van der Waals surface area contributed by atoms with Gasteiger partial charge in [-0.1, -0.05) is 12.1 Å².